The van der Waals surface area contributed by atoms with Gasteiger partial charge in [-0.1, -0.05) is 12.1 Å². The van der Waals surface area contributed by atoms with E-state index in [4.69, 9.17) is 4.42 Å². The third kappa shape index (κ3) is 1.71. The van der Waals surface area contributed by atoms with Gasteiger partial charge in [0, 0.05) is 12.0 Å². The van der Waals surface area contributed by atoms with Gasteiger partial charge in [0.2, 0.25) is 5.89 Å². The van der Waals surface area contributed by atoms with Crippen LogP contribution in [-0.4, -0.2) is 11.3 Å². The molecule has 3 nitrogen and oxygen atoms in total. The van der Waals surface area contributed by atoms with E-state index < -0.39 is 0 Å². The first kappa shape index (κ1) is 8.69. The molecular formula is C11H9NO2. The Kier molecular flexibility index (Phi) is 2.40. The Hall–Kier alpha value is -1.90. The zero-order chi connectivity index (χ0) is 9.80. The molecule has 0 atom stereocenters. The Bertz CT molecular complexity index is 421. The molecule has 0 saturated heterocycles. The molecule has 3 heteroatoms. The second kappa shape index (κ2) is 3.87. The van der Waals surface area contributed by atoms with Crippen LogP contribution in [0.15, 0.2) is 41.1 Å². The van der Waals surface area contributed by atoms with Crippen LogP contribution in [0.25, 0.3) is 11.5 Å². The van der Waals surface area contributed by atoms with Crippen LogP contribution in [0.4, 0.5) is 0 Å². The van der Waals surface area contributed by atoms with Crippen LogP contribution in [-0.2, 0) is 11.2 Å². The molecule has 0 spiro atoms. The minimum Gasteiger partial charge on any atom is -0.445 e. The monoisotopic (exact) mass is 187 g/mol. The zero-order valence-corrected chi connectivity index (χ0v) is 7.51. The summed E-state index contributed by atoms with van der Waals surface area (Å²) in [6.45, 7) is 0. The third-order valence-corrected chi connectivity index (χ3v) is 1.93. The van der Waals surface area contributed by atoms with Crippen molar-refractivity contribution < 1.29 is 9.21 Å². The lowest BCUT2D eigenvalue weighted by atomic mass is 10.1. The lowest BCUT2D eigenvalue weighted by Crippen LogP contribution is -1.86. The van der Waals surface area contributed by atoms with Gasteiger partial charge in [-0.15, -0.1) is 0 Å². The molecule has 0 aliphatic rings. The first-order valence-electron chi connectivity index (χ1n) is 4.32. The second-order valence-corrected chi connectivity index (χ2v) is 2.91. The highest BCUT2D eigenvalue weighted by Gasteiger charge is 2.02. The van der Waals surface area contributed by atoms with Crippen molar-refractivity contribution in [2.75, 3.05) is 0 Å². The molecule has 0 bridgehead atoms. The number of carbonyl (C=O) groups is 1. The molecule has 2 aromatic rings. The molecule has 0 N–H and O–H groups in total. The van der Waals surface area contributed by atoms with Crippen molar-refractivity contribution in [1.29, 1.82) is 0 Å². The molecular weight excluding hydrogens is 178 g/mol. The van der Waals surface area contributed by atoms with Crippen LogP contribution in [0.3, 0.4) is 0 Å². The van der Waals surface area contributed by atoms with Gasteiger partial charge >= 0.3 is 0 Å². The summed E-state index contributed by atoms with van der Waals surface area (Å²) in [5.74, 6) is 0.581. The normalized spacial score (nSPS) is 10.0. The summed E-state index contributed by atoms with van der Waals surface area (Å²) < 4.78 is 5.15. The van der Waals surface area contributed by atoms with Crippen molar-refractivity contribution in [1.82, 2.24) is 4.98 Å². The van der Waals surface area contributed by atoms with Gasteiger partial charge < -0.3 is 9.21 Å². The van der Waals surface area contributed by atoms with Gasteiger partial charge in [0.25, 0.3) is 0 Å². The number of aldehydes is 1. The number of aromatic nitrogens is 1. The van der Waals surface area contributed by atoms with Crippen LogP contribution in [0.1, 0.15) is 5.56 Å². The van der Waals surface area contributed by atoms with Gasteiger partial charge in [-0.05, 0) is 17.7 Å². The number of oxazole rings is 1. The molecule has 0 saturated carbocycles. The van der Waals surface area contributed by atoms with E-state index in [1.807, 2.05) is 24.3 Å². The summed E-state index contributed by atoms with van der Waals surface area (Å²) in [7, 11) is 0. The predicted molar refractivity (Wildman–Crippen MR) is 51.7 cm³/mol. The quantitative estimate of drug-likeness (QED) is 0.691. The summed E-state index contributed by atoms with van der Waals surface area (Å²) in [6, 6.07) is 7.60. The smallest absolute Gasteiger partial charge is 0.225 e. The number of benzene rings is 1. The van der Waals surface area contributed by atoms with E-state index in [0.717, 1.165) is 17.4 Å². The summed E-state index contributed by atoms with van der Waals surface area (Å²) in [5.41, 5.74) is 1.87. The molecule has 14 heavy (non-hydrogen) atoms. The van der Waals surface area contributed by atoms with Crippen LogP contribution < -0.4 is 0 Å². The number of hydrogen-bond donors (Lipinski definition) is 0. The predicted octanol–water partition coefficient (Wildman–Crippen LogP) is 2.08. The maximum Gasteiger partial charge on any atom is 0.225 e. The van der Waals surface area contributed by atoms with Gasteiger partial charge in [0.1, 0.15) is 12.5 Å². The number of nitrogens with zero attached hydrogens (tertiary/aromatic N) is 1. The summed E-state index contributed by atoms with van der Waals surface area (Å²) in [6.07, 6.45) is 4.44. The summed E-state index contributed by atoms with van der Waals surface area (Å²) >= 11 is 0. The third-order valence-electron chi connectivity index (χ3n) is 1.93. The number of rotatable bonds is 3. The van der Waals surface area contributed by atoms with Crippen molar-refractivity contribution in [3.8, 4) is 11.5 Å². The van der Waals surface area contributed by atoms with Crippen molar-refractivity contribution in [3.05, 3.63) is 42.3 Å². The standard InChI is InChI=1S/C11H9NO2/c13-6-4-9-2-1-3-10(8-9)11-12-5-7-14-11/h1-3,5-8H,4H2. The fraction of sp³-hybridized carbons (Fsp3) is 0.0909. The van der Waals surface area contributed by atoms with Gasteiger partial charge in [0.15, 0.2) is 0 Å². The van der Waals surface area contributed by atoms with Crippen molar-refractivity contribution in [3.63, 3.8) is 0 Å². The SMILES string of the molecule is O=CCc1cccc(-c2ncco2)c1. The van der Waals surface area contributed by atoms with Gasteiger partial charge in [-0.2, -0.15) is 0 Å². The highest BCUT2D eigenvalue weighted by molar-refractivity contribution is 5.59. The topological polar surface area (TPSA) is 43.1 Å². The minimum atomic E-state index is 0.425. The zero-order valence-electron chi connectivity index (χ0n) is 7.51. The van der Waals surface area contributed by atoms with Crippen LogP contribution in [0, 0.1) is 0 Å². The van der Waals surface area contributed by atoms with Crippen molar-refractivity contribution in [2.45, 2.75) is 6.42 Å². The first-order valence-corrected chi connectivity index (χ1v) is 4.32. The molecule has 0 fully saturated rings. The second-order valence-electron chi connectivity index (χ2n) is 2.91. The maximum atomic E-state index is 10.3. The molecule has 70 valence electrons. The molecule has 1 aromatic carbocycles. The Morgan fingerprint density at radius 1 is 1.43 bits per heavy atom. The molecule has 0 unspecified atom stereocenters. The van der Waals surface area contributed by atoms with E-state index in [-0.39, 0.29) is 0 Å². The Morgan fingerprint density at radius 2 is 2.36 bits per heavy atom. The Morgan fingerprint density at radius 3 is 3.07 bits per heavy atom. The minimum absolute atomic E-state index is 0.425. The van der Waals surface area contributed by atoms with Crippen molar-refractivity contribution in [2.24, 2.45) is 0 Å². The van der Waals surface area contributed by atoms with Crippen LogP contribution in [0.2, 0.25) is 0 Å². The van der Waals surface area contributed by atoms with E-state index in [1.54, 1.807) is 6.20 Å². The van der Waals surface area contributed by atoms with E-state index in [9.17, 15) is 4.79 Å². The summed E-state index contributed by atoms with van der Waals surface area (Å²) in [5, 5.41) is 0. The Balaban J connectivity index is 2.35. The maximum absolute atomic E-state index is 10.3. The Labute approximate surface area is 81.4 Å². The fourth-order valence-electron chi connectivity index (χ4n) is 1.29. The molecule has 0 amide bonds. The van der Waals surface area contributed by atoms with E-state index in [2.05, 4.69) is 4.98 Å². The lowest BCUT2D eigenvalue weighted by molar-refractivity contribution is -0.107. The molecule has 1 aromatic heterocycles. The largest absolute Gasteiger partial charge is 0.445 e. The average Bonchev–Trinajstić information content (AvgIpc) is 2.71. The van der Waals surface area contributed by atoms with Gasteiger partial charge in [-0.3, -0.25) is 0 Å². The molecule has 0 aliphatic heterocycles. The average molecular weight is 187 g/mol. The highest BCUT2D eigenvalue weighted by Crippen LogP contribution is 2.17. The molecule has 2 rings (SSSR count). The van der Waals surface area contributed by atoms with Crippen molar-refractivity contribution >= 4 is 6.29 Å². The highest BCUT2D eigenvalue weighted by atomic mass is 16.3. The van der Waals surface area contributed by atoms with Gasteiger partial charge in [0.05, 0.1) is 6.20 Å². The lowest BCUT2D eigenvalue weighted by Gasteiger charge is -1.98. The molecule has 0 aliphatic carbocycles. The first-order chi connectivity index (χ1) is 6.90. The van der Waals surface area contributed by atoms with Crippen LogP contribution in [0.5, 0.6) is 0 Å². The summed E-state index contributed by atoms with van der Waals surface area (Å²) in [4.78, 5) is 14.4. The van der Waals surface area contributed by atoms with E-state index >= 15 is 0 Å². The molecule has 1 heterocycles. The number of carbonyl (C=O) groups excluding carboxylic acids is 1. The van der Waals surface area contributed by atoms with Gasteiger partial charge in [-0.25, -0.2) is 4.98 Å². The number of hydrogen-bond acceptors (Lipinski definition) is 3. The van der Waals surface area contributed by atoms with E-state index in [1.165, 1.54) is 6.26 Å². The van der Waals surface area contributed by atoms with Crippen LogP contribution >= 0.6 is 0 Å². The fourth-order valence-corrected chi connectivity index (χ4v) is 1.29. The molecule has 0 radical (unpaired) electrons. The van der Waals surface area contributed by atoms with E-state index in [0.29, 0.717) is 12.3 Å².